The van der Waals surface area contributed by atoms with Crippen molar-refractivity contribution in [2.75, 3.05) is 24.5 Å². The van der Waals surface area contributed by atoms with Crippen molar-refractivity contribution >= 4 is 17.4 Å². The summed E-state index contributed by atoms with van der Waals surface area (Å²) in [4.78, 5) is 24.3. The molecule has 1 aromatic rings. The fourth-order valence-electron chi connectivity index (χ4n) is 2.64. The van der Waals surface area contributed by atoms with Crippen molar-refractivity contribution in [2.45, 2.75) is 32.9 Å². The molecule has 0 bridgehead atoms. The molecule has 9 heteroatoms. The zero-order valence-electron chi connectivity index (χ0n) is 12.2. The topological polar surface area (TPSA) is 119 Å². The molecular weight excluding hydrogens is 276 g/mol. The van der Waals surface area contributed by atoms with Gasteiger partial charge in [-0.3, -0.25) is 14.9 Å². The Labute approximate surface area is 122 Å². The zero-order chi connectivity index (χ0) is 15.6. The van der Waals surface area contributed by atoms with Gasteiger partial charge in [-0.05, 0) is 13.3 Å². The third-order valence-electron chi connectivity index (χ3n) is 3.53. The van der Waals surface area contributed by atoms with E-state index < -0.39 is 16.9 Å². The number of nitrogens with two attached hydrogens (primary N) is 1. The van der Waals surface area contributed by atoms with Gasteiger partial charge in [-0.15, -0.1) is 0 Å². The van der Waals surface area contributed by atoms with Crippen molar-refractivity contribution < 1.29 is 9.72 Å². The van der Waals surface area contributed by atoms with Gasteiger partial charge in [0.2, 0.25) is 11.7 Å². The summed E-state index contributed by atoms with van der Waals surface area (Å²) in [6.07, 6.45) is 0.790. The van der Waals surface area contributed by atoms with E-state index in [-0.39, 0.29) is 5.69 Å². The second-order valence-electron chi connectivity index (χ2n) is 5.05. The minimum absolute atomic E-state index is 0.0448. The van der Waals surface area contributed by atoms with Gasteiger partial charge in [-0.1, -0.05) is 6.92 Å². The molecular formula is C12H20N6O3. The number of carbonyl (C=O) groups is 1. The highest BCUT2D eigenvalue weighted by atomic mass is 16.6. The van der Waals surface area contributed by atoms with Crippen LogP contribution in [0.5, 0.6) is 0 Å². The predicted molar refractivity (Wildman–Crippen MR) is 77.1 cm³/mol. The largest absolute Gasteiger partial charge is 0.368 e. The minimum Gasteiger partial charge on any atom is -0.368 e. The van der Waals surface area contributed by atoms with E-state index in [4.69, 9.17) is 5.73 Å². The van der Waals surface area contributed by atoms with Crippen LogP contribution >= 0.6 is 0 Å². The molecule has 0 aliphatic carbocycles. The summed E-state index contributed by atoms with van der Waals surface area (Å²) in [5.74, 6) is -0.122. The van der Waals surface area contributed by atoms with Crippen LogP contribution in [0.2, 0.25) is 0 Å². The molecule has 1 unspecified atom stereocenters. The van der Waals surface area contributed by atoms with Crippen molar-refractivity contribution in [2.24, 2.45) is 5.73 Å². The first-order valence-corrected chi connectivity index (χ1v) is 6.95. The van der Waals surface area contributed by atoms with Gasteiger partial charge < -0.3 is 16.0 Å². The molecule has 1 saturated heterocycles. The Morgan fingerprint density at radius 1 is 1.62 bits per heavy atom. The molecule has 1 aromatic heterocycles. The highest BCUT2D eigenvalue weighted by Gasteiger charge is 2.36. The van der Waals surface area contributed by atoms with Gasteiger partial charge in [0.1, 0.15) is 11.7 Å². The van der Waals surface area contributed by atoms with Crippen LogP contribution in [0.25, 0.3) is 0 Å². The van der Waals surface area contributed by atoms with Gasteiger partial charge >= 0.3 is 5.69 Å². The summed E-state index contributed by atoms with van der Waals surface area (Å²) >= 11 is 0. The van der Waals surface area contributed by atoms with E-state index in [1.165, 1.54) is 0 Å². The van der Waals surface area contributed by atoms with Gasteiger partial charge in [0.05, 0.1) is 4.92 Å². The molecule has 2 heterocycles. The molecule has 1 atom stereocenters. The number of aryl methyl sites for hydroxylation is 2. The lowest BCUT2D eigenvalue weighted by molar-refractivity contribution is -0.384. The molecule has 0 radical (unpaired) electrons. The molecule has 0 saturated carbocycles. The van der Waals surface area contributed by atoms with Gasteiger partial charge in [-0.25, -0.2) is 4.68 Å². The quantitative estimate of drug-likeness (QED) is 0.572. The second-order valence-corrected chi connectivity index (χ2v) is 5.05. The zero-order valence-corrected chi connectivity index (χ0v) is 12.2. The van der Waals surface area contributed by atoms with Crippen LogP contribution in [-0.4, -0.2) is 46.3 Å². The van der Waals surface area contributed by atoms with Crippen molar-refractivity contribution in [1.82, 2.24) is 15.1 Å². The lowest BCUT2D eigenvalue weighted by Crippen LogP contribution is -2.57. The number of rotatable bonds is 5. The van der Waals surface area contributed by atoms with E-state index in [1.807, 2.05) is 6.92 Å². The lowest BCUT2D eigenvalue weighted by Gasteiger charge is -2.35. The summed E-state index contributed by atoms with van der Waals surface area (Å²) in [7, 11) is 0. The first-order valence-electron chi connectivity index (χ1n) is 6.95. The molecule has 0 spiro atoms. The molecule has 3 N–H and O–H groups in total. The van der Waals surface area contributed by atoms with Crippen molar-refractivity contribution in [3.8, 4) is 0 Å². The molecule has 21 heavy (non-hydrogen) atoms. The van der Waals surface area contributed by atoms with Crippen LogP contribution in [0.15, 0.2) is 0 Å². The molecule has 1 aliphatic heterocycles. The minimum atomic E-state index is -0.607. The number of amides is 1. The number of anilines is 1. The molecule has 1 fully saturated rings. The summed E-state index contributed by atoms with van der Waals surface area (Å²) in [6, 6.07) is -0.607. The van der Waals surface area contributed by atoms with Crippen molar-refractivity contribution in [1.29, 1.82) is 0 Å². The van der Waals surface area contributed by atoms with Gasteiger partial charge in [0.25, 0.3) is 0 Å². The lowest BCUT2D eigenvalue weighted by atomic mass is 10.1. The van der Waals surface area contributed by atoms with Gasteiger partial charge in [-0.2, -0.15) is 5.10 Å². The number of aromatic nitrogens is 2. The third-order valence-corrected chi connectivity index (χ3v) is 3.53. The molecule has 116 valence electrons. The monoisotopic (exact) mass is 296 g/mol. The maximum absolute atomic E-state index is 11.6. The predicted octanol–water partition coefficient (Wildman–Crippen LogP) is -0.227. The smallest absolute Gasteiger partial charge is 0.333 e. The number of nitrogens with zero attached hydrogens (tertiary/aromatic N) is 4. The Bertz CT molecular complexity index is 555. The van der Waals surface area contributed by atoms with E-state index in [0.29, 0.717) is 37.7 Å². The Balaban J connectivity index is 2.53. The van der Waals surface area contributed by atoms with E-state index >= 15 is 0 Å². The molecule has 1 aliphatic rings. The number of nitro groups is 1. The van der Waals surface area contributed by atoms with E-state index in [1.54, 1.807) is 16.5 Å². The van der Waals surface area contributed by atoms with Crippen molar-refractivity contribution in [3.05, 3.63) is 15.8 Å². The average Bonchev–Trinajstić information content (AvgIpc) is 2.75. The average molecular weight is 296 g/mol. The Morgan fingerprint density at radius 3 is 2.90 bits per heavy atom. The molecule has 1 amide bonds. The fraction of sp³-hybridized carbons (Fsp3) is 0.667. The Morgan fingerprint density at radius 2 is 2.33 bits per heavy atom. The third kappa shape index (κ3) is 2.82. The summed E-state index contributed by atoms with van der Waals surface area (Å²) in [5, 5.41) is 18.7. The number of primary amides is 1. The first-order chi connectivity index (χ1) is 9.97. The summed E-state index contributed by atoms with van der Waals surface area (Å²) < 4.78 is 1.61. The number of hydrogen-bond donors (Lipinski definition) is 2. The van der Waals surface area contributed by atoms with E-state index in [2.05, 4.69) is 10.4 Å². The van der Waals surface area contributed by atoms with Gasteiger partial charge in [0, 0.05) is 26.2 Å². The van der Waals surface area contributed by atoms with E-state index in [0.717, 1.165) is 6.42 Å². The highest BCUT2D eigenvalue weighted by Crippen LogP contribution is 2.33. The van der Waals surface area contributed by atoms with Crippen LogP contribution in [0.1, 0.15) is 19.0 Å². The Kier molecular flexibility index (Phi) is 4.41. The van der Waals surface area contributed by atoms with Gasteiger partial charge in [0.15, 0.2) is 0 Å². The number of carbonyl (C=O) groups excluding carboxylic acids is 1. The molecule has 0 aromatic carbocycles. The summed E-state index contributed by atoms with van der Waals surface area (Å²) in [5.41, 5.74) is 5.74. The van der Waals surface area contributed by atoms with Crippen LogP contribution in [0.3, 0.4) is 0 Å². The first kappa shape index (κ1) is 15.2. The maximum atomic E-state index is 11.6. The number of piperazine rings is 1. The maximum Gasteiger partial charge on any atom is 0.333 e. The number of hydrogen-bond acceptors (Lipinski definition) is 6. The SMILES string of the molecule is CCCn1nc(C)c([N+](=O)[O-])c1N1CCNCC1C(N)=O. The van der Waals surface area contributed by atoms with Crippen LogP contribution in [0.4, 0.5) is 11.5 Å². The fourth-order valence-corrected chi connectivity index (χ4v) is 2.64. The second kappa shape index (κ2) is 6.08. The standard InChI is InChI=1S/C12H20N6O3/c1-3-5-17-12(10(18(20)21)8(2)15-17)16-6-4-14-7-9(16)11(13)19/h9,14H,3-7H2,1-2H3,(H2,13,19). The van der Waals surface area contributed by atoms with E-state index in [9.17, 15) is 14.9 Å². The van der Waals surface area contributed by atoms with Crippen LogP contribution in [0, 0.1) is 17.0 Å². The molecule has 9 nitrogen and oxygen atoms in total. The van der Waals surface area contributed by atoms with Crippen molar-refractivity contribution in [3.63, 3.8) is 0 Å². The van der Waals surface area contributed by atoms with Crippen LogP contribution < -0.4 is 16.0 Å². The highest BCUT2D eigenvalue weighted by molar-refractivity contribution is 5.85. The van der Waals surface area contributed by atoms with Crippen LogP contribution in [-0.2, 0) is 11.3 Å². The molecule has 2 rings (SSSR count). The summed E-state index contributed by atoms with van der Waals surface area (Å²) in [6.45, 7) is 5.62. The number of nitrogens with one attached hydrogen (secondary N) is 1. The normalized spacial score (nSPS) is 18.8. The Hall–Kier alpha value is -2.16.